The molecule has 2 heterocycles. The van der Waals surface area contributed by atoms with E-state index in [9.17, 15) is 33.9 Å². The van der Waals surface area contributed by atoms with E-state index in [1.54, 1.807) is 36.4 Å². The fourth-order valence-corrected chi connectivity index (χ4v) is 6.80. The molecule has 0 aliphatic heterocycles. The number of carboxylic acid groups (broad SMARTS) is 2. The average Bonchev–Trinajstić information content (AvgIpc) is 3.32. The van der Waals surface area contributed by atoms with Gasteiger partial charge in [0.2, 0.25) is 11.9 Å². The summed E-state index contributed by atoms with van der Waals surface area (Å²) in [6, 6.07) is 22.8. The molecule has 6 rings (SSSR count). The number of aromatic nitrogens is 4. The van der Waals surface area contributed by atoms with Crippen LogP contribution in [0, 0.1) is 0 Å². The Hall–Kier alpha value is -8.94. The lowest BCUT2D eigenvalue weighted by Gasteiger charge is -2.17. The summed E-state index contributed by atoms with van der Waals surface area (Å²) in [5.41, 5.74) is 29.0. The number of esters is 2. The zero-order chi connectivity index (χ0) is 49.7. The van der Waals surface area contributed by atoms with Crippen molar-refractivity contribution in [2.24, 2.45) is 0 Å². The molecule has 2 aromatic heterocycles. The quantitative estimate of drug-likeness (QED) is 0.0449. The van der Waals surface area contributed by atoms with E-state index < -0.39 is 54.2 Å². The molecular weight excluding hydrogens is 877 g/mol. The van der Waals surface area contributed by atoms with Gasteiger partial charge in [0.15, 0.2) is 0 Å². The number of aryl methyl sites for hydroxylation is 4. The second-order valence-corrected chi connectivity index (χ2v) is 15.4. The van der Waals surface area contributed by atoms with E-state index in [2.05, 4.69) is 48.5 Å². The highest BCUT2D eigenvalue weighted by Crippen LogP contribution is 2.23. The number of carboxylic acids is 2. The Balaban J connectivity index is 0.000000255. The molecule has 0 spiro atoms. The third-order valence-electron chi connectivity index (χ3n) is 10.5. The lowest BCUT2D eigenvalue weighted by atomic mass is 10.0. The third-order valence-corrected chi connectivity index (χ3v) is 10.5. The Kier molecular flexibility index (Phi) is 16.8. The lowest BCUT2D eigenvalue weighted by Crippen LogP contribution is -2.42. The number of carbonyl (C=O) groups is 6. The topological polar surface area (TPSA) is 341 Å². The van der Waals surface area contributed by atoms with Crippen LogP contribution in [0.5, 0.6) is 0 Å². The molecular formula is C48H50N10O10. The molecule has 0 saturated heterocycles. The van der Waals surface area contributed by atoms with Crippen molar-refractivity contribution in [1.82, 2.24) is 30.6 Å². The van der Waals surface area contributed by atoms with Crippen LogP contribution in [0.2, 0.25) is 0 Å². The number of amides is 2. The summed E-state index contributed by atoms with van der Waals surface area (Å²) in [6.07, 6.45) is 2.35. The SMILES string of the molecule is C=C(C[C@H](NC(=O)c1ccc(CCc2ccc3nc(N)nc(N)c3c2)cc1)C(=O)O)C(=O)O.C=C(C[C@H](NC(=O)c1ccc(CCc2ccc3nc(N)nc(N)c3c2)cc1)C(=O)OC)C(=O)OC. The molecule has 0 bridgehead atoms. The Bertz CT molecular complexity index is 2910. The van der Waals surface area contributed by atoms with Crippen molar-refractivity contribution in [3.63, 3.8) is 0 Å². The van der Waals surface area contributed by atoms with Crippen LogP contribution in [0.3, 0.4) is 0 Å². The predicted molar refractivity (Wildman–Crippen MR) is 254 cm³/mol. The first-order valence-electron chi connectivity index (χ1n) is 20.8. The number of hydrogen-bond acceptors (Lipinski definition) is 16. The first kappa shape index (κ1) is 50.1. The van der Waals surface area contributed by atoms with Crippen LogP contribution < -0.4 is 33.6 Å². The van der Waals surface area contributed by atoms with Gasteiger partial charge < -0.3 is 53.3 Å². The Morgan fingerprint density at radius 1 is 0.559 bits per heavy atom. The summed E-state index contributed by atoms with van der Waals surface area (Å²) in [5.74, 6) is -4.18. The maximum atomic E-state index is 12.7. The highest BCUT2D eigenvalue weighted by atomic mass is 16.5. The molecule has 6 aromatic rings. The van der Waals surface area contributed by atoms with E-state index in [1.165, 1.54) is 14.2 Å². The van der Waals surface area contributed by atoms with E-state index >= 15 is 0 Å². The van der Waals surface area contributed by atoms with Gasteiger partial charge in [-0.25, -0.2) is 29.1 Å². The van der Waals surface area contributed by atoms with Crippen LogP contribution in [0.1, 0.15) is 55.8 Å². The highest BCUT2D eigenvalue weighted by molar-refractivity contribution is 5.98. The van der Waals surface area contributed by atoms with Gasteiger partial charge >= 0.3 is 23.9 Å². The number of nitrogens with zero attached hydrogens (tertiary/aromatic N) is 4. The average molecular weight is 927 g/mol. The van der Waals surface area contributed by atoms with Crippen LogP contribution in [0.4, 0.5) is 23.5 Å². The summed E-state index contributed by atoms with van der Waals surface area (Å²) in [7, 11) is 2.41. The minimum absolute atomic E-state index is 0.0454. The predicted octanol–water partition coefficient (Wildman–Crippen LogP) is 3.76. The number of nitrogen functional groups attached to an aromatic ring is 4. The zero-order valence-electron chi connectivity index (χ0n) is 37.2. The smallest absolute Gasteiger partial charge is 0.333 e. The number of carbonyl (C=O) groups excluding carboxylic acids is 4. The molecule has 352 valence electrons. The number of nitrogens with two attached hydrogens (primary N) is 4. The van der Waals surface area contributed by atoms with Gasteiger partial charge in [-0.1, -0.05) is 49.6 Å². The number of rotatable bonds is 18. The summed E-state index contributed by atoms with van der Waals surface area (Å²) >= 11 is 0. The zero-order valence-corrected chi connectivity index (χ0v) is 37.2. The van der Waals surface area contributed by atoms with Gasteiger partial charge in [-0.3, -0.25) is 9.59 Å². The monoisotopic (exact) mass is 926 g/mol. The summed E-state index contributed by atoms with van der Waals surface area (Å²) < 4.78 is 9.32. The van der Waals surface area contributed by atoms with Crippen molar-refractivity contribution in [2.75, 3.05) is 37.2 Å². The van der Waals surface area contributed by atoms with Crippen molar-refractivity contribution in [3.05, 3.63) is 143 Å². The number of ether oxygens (including phenoxy) is 2. The van der Waals surface area contributed by atoms with Gasteiger partial charge in [0.05, 0.1) is 25.3 Å². The Morgan fingerprint density at radius 2 is 0.956 bits per heavy atom. The van der Waals surface area contributed by atoms with E-state index in [-0.39, 0.29) is 35.0 Å². The fraction of sp³-hybridized carbons (Fsp3) is 0.208. The van der Waals surface area contributed by atoms with Crippen LogP contribution in [-0.4, -0.2) is 92.1 Å². The van der Waals surface area contributed by atoms with Gasteiger partial charge in [-0.15, -0.1) is 0 Å². The molecule has 0 saturated carbocycles. The molecule has 0 unspecified atom stereocenters. The molecule has 0 aliphatic rings. The van der Waals surface area contributed by atoms with Gasteiger partial charge in [0, 0.05) is 45.9 Å². The molecule has 2 atom stereocenters. The minimum Gasteiger partial charge on any atom is -0.480 e. The molecule has 68 heavy (non-hydrogen) atoms. The molecule has 12 N–H and O–H groups in total. The largest absolute Gasteiger partial charge is 0.480 e. The number of nitrogens with one attached hydrogen (secondary N) is 2. The molecule has 20 nitrogen and oxygen atoms in total. The van der Waals surface area contributed by atoms with E-state index in [0.717, 1.165) is 45.9 Å². The Morgan fingerprint density at radius 3 is 1.35 bits per heavy atom. The molecule has 0 aliphatic carbocycles. The van der Waals surface area contributed by atoms with Gasteiger partial charge in [-0.05, 0) is 96.5 Å². The maximum Gasteiger partial charge on any atom is 0.333 e. The molecule has 0 fully saturated rings. The number of benzene rings is 4. The van der Waals surface area contributed by atoms with Crippen LogP contribution in [0.15, 0.2) is 109 Å². The van der Waals surface area contributed by atoms with Crippen LogP contribution in [-0.2, 0) is 54.3 Å². The molecule has 2 amide bonds. The number of anilines is 4. The van der Waals surface area contributed by atoms with Crippen molar-refractivity contribution in [1.29, 1.82) is 0 Å². The molecule has 4 aromatic carbocycles. The van der Waals surface area contributed by atoms with Crippen molar-refractivity contribution < 1.29 is 48.5 Å². The number of methoxy groups -OCH3 is 2. The summed E-state index contributed by atoms with van der Waals surface area (Å²) in [4.78, 5) is 87.3. The van der Waals surface area contributed by atoms with Crippen molar-refractivity contribution in [2.45, 2.75) is 50.6 Å². The maximum absolute atomic E-state index is 12.7. The molecule has 20 heteroatoms. The fourth-order valence-electron chi connectivity index (χ4n) is 6.80. The first-order chi connectivity index (χ1) is 32.3. The number of aliphatic carboxylic acids is 2. The van der Waals surface area contributed by atoms with E-state index in [0.29, 0.717) is 41.1 Å². The van der Waals surface area contributed by atoms with Crippen LogP contribution in [0.25, 0.3) is 21.8 Å². The molecule has 0 radical (unpaired) electrons. The second-order valence-electron chi connectivity index (χ2n) is 15.4. The third kappa shape index (κ3) is 13.5. The minimum atomic E-state index is -1.39. The second kappa shape index (κ2) is 22.8. The van der Waals surface area contributed by atoms with E-state index in [1.807, 2.05) is 48.5 Å². The van der Waals surface area contributed by atoms with E-state index in [4.69, 9.17) is 32.8 Å². The normalized spacial score (nSPS) is 11.6. The first-order valence-corrected chi connectivity index (χ1v) is 20.8. The number of hydrogen-bond donors (Lipinski definition) is 8. The van der Waals surface area contributed by atoms with Gasteiger partial charge in [0.1, 0.15) is 23.7 Å². The standard InChI is InChI=1S/C25H27N5O5.C23H23N5O5/c1-14(23(32)34-2)12-20(24(33)35-3)28-22(31)17-9-6-15(7-10-17)4-5-16-8-11-19-18(13-16)21(26)30-25(27)29-19;1-12(21(30)31)10-18(22(32)33)26-20(29)15-7-4-13(5-8-15)2-3-14-6-9-17-16(11-14)19(24)28-23(25)27-17/h6-11,13,20H,1,4-5,12H2,2-3H3,(H,28,31)(H4,26,27,29,30);4-9,11,18H,1-3,10H2,(H,26,29)(H,30,31)(H,32,33)(H4,24,25,27,28)/t20-;18-/m00/s1. The van der Waals surface area contributed by atoms with Crippen LogP contribution >= 0.6 is 0 Å². The lowest BCUT2D eigenvalue weighted by molar-refractivity contribution is -0.143. The van der Waals surface area contributed by atoms with Gasteiger partial charge in [-0.2, -0.15) is 9.97 Å². The van der Waals surface area contributed by atoms with Crippen molar-refractivity contribution in [3.8, 4) is 0 Å². The Labute approximate surface area is 389 Å². The summed E-state index contributed by atoms with van der Waals surface area (Å²) in [6.45, 7) is 6.90. The highest BCUT2D eigenvalue weighted by Gasteiger charge is 2.26. The summed E-state index contributed by atoms with van der Waals surface area (Å²) in [5, 5.41) is 24.5. The van der Waals surface area contributed by atoms with Crippen molar-refractivity contribution >= 4 is 81.0 Å². The van der Waals surface area contributed by atoms with Gasteiger partial charge in [0.25, 0.3) is 11.8 Å². The number of fused-ring (bicyclic) bond motifs is 2.